The standard InChI is InChI=1S/C26H29N3O4/c1-14(2)22(25(31)32)28-24(30)20-12-18-8-6-7-9-19(18)13-21(20)27-26(33)29-23-16(4)10-15(3)11-17(23)5/h6-14,22H,1-5H3,(H,28,30)(H,31,32)(H2,27,29,33)/t22-/m0/s1. The molecule has 3 aromatic carbocycles. The van der Waals surface area contributed by atoms with E-state index in [2.05, 4.69) is 16.0 Å². The van der Waals surface area contributed by atoms with E-state index in [1.807, 2.05) is 57.2 Å². The highest BCUT2D eigenvalue weighted by Crippen LogP contribution is 2.26. The molecule has 0 radical (unpaired) electrons. The third-order valence-corrected chi connectivity index (χ3v) is 5.51. The van der Waals surface area contributed by atoms with Gasteiger partial charge < -0.3 is 21.1 Å². The van der Waals surface area contributed by atoms with Crippen molar-refractivity contribution in [3.8, 4) is 0 Å². The average molecular weight is 448 g/mol. The Kier molecular flexibility index (Phi) is 7.01. The first-order valence-corrected chi connectivity index (χ1v) is 10.8. The second-order valence-corrected chi connectivity index (χ2v) is 8.63. The van der Waals surface area contributed by atoms with Crippen LogP contribution in [-0.2, 0) is 4.79 Å². The van der Waals surface area contributed by atoms with Crippen LogP contribution in [0.2, 0.25) is 0 Å². The minimum absolute atomic E-state index is 0.188. The maximum absolute atomic E-state index is 13.1. The van der Waals surface area contributed by atoms with Crippen molar-refractivity contribution in [3.05, 3.63) is 70.8 Å². The highest BCUT2D eigenvalue weighted by atomic mass is 16.4. The highest BCUT2D eigenvalue weighted by Gasteiger charge is 2.25. The number of fused-ring (bicyclic) bond motifs is 1. The van der Waals surface area contributed by atoms with Gasteiger partial charge in [0.2, 0.25) is 0 Å². The maximum Gasteiger partial charge on any atom is 0.326 e. The Balaban J connectivity index is 1.95. The zero-order valence-corrected chi connectivity index (χ0v) is 19.4. The van der Waals surface area contributed by atoms with E-state index in [0.29, 0.717) is 11.4 Å². The van der Waals surface area contributed by atoms with Gasteiger partial charge in [0.25, 0.3) is 5.91 Å². The van der Waals surface area contributed by atoms with Crippen molar-refractivity contribution >= 4 is 40.1 Å². The first-order valence-electron chi connectivity index (χ1n) is 10.8. The first-order chi connectivity index (χ1) is 15.6. The summed E-state index contributed by atoms with van der Waals surface area (Å²) in [4.78, 5) is 37.5. The number of carboxylic acids is 1. The van der Waals surface area contributed by atoms with Crippen LogP contribution in [0.25, 0.3) is 10.8 Å². The van der Waals surface area contributed by atoms with Crippen LogP contribution < -0.4 is 16.0 Å². The van der Waals surface area contributed by atoms with E-state index in [9.17, 15) is 19.5 Å². The van der Waals surface area contributed by atoms with Gasteiger partial charge in [0.1, 0.15) is 6.04 Å². The fourth-order valence-corrected chi connectivity index (χ4v) is 3.91. The molecule has 7 heteroatoms. The number of urea groups is 1. The van der Waals surface area contributed by atoms with Gasteiger partial charge in [-0.05, 0) is 60.7 Å². The van der Waals surface area contributed by atoms with Crippen molar-refractivity contribution in [1.29, 1.82) is 0 Å². The monoisotopic (exact) mass is 447 g/mol. The van der Waals surface area contributed by atoms with E-state index in [1.165, 1.54) is 0 Å². The molecule has 3 rings (SSSR count). The Hall–Kier alpha value is -3.87. The Morgan fingerprint density at radius 3 is 1.97 bits per heavy atom. The number of carboxylic acid groups (broad SMARTS) is 1. The summed E-state index contributed by atoms with van der Waals surface area (Å²) in [6.07, 6.45) is 0. The molecule has 7 nitrogen and oxygen atoms in total. The number of aliphatic carboxylic acids is 1. The minimum atomic E-state index is -1.11. The Labute approximate surface area is 193 Å². The molecule has 1 atom stereocenters. The van der Waals surface area contributed by atoms with E-state index in [0.717, 1.165) is 27.5 Å². The lowest BCUT2D eigenvalue weighted by Gasteiger charge is -2.20. The van der Waals surface area contributed by atoms with E-state index in [1.54, 1.807) is 26.0 Å². The smallest absolute Gasteiger partial charge is 0.326 e. The molecule has 0 saturated carbocycles. The van der Waals surface area contributed by atoms with Gasteiger partial charge in [-0.2, -0.15) is 0 Å². The molecule has 4 N–H and O–H groups in total. The molecular weight excluding hydrogens is 418 g/mol. The fraction of sp³-hybridized carbons (Fsp3) is 0.269. The summed E-state index contributed by atoms with van der Waals surface area (Å²) in [6.45, 7) is 9.27. The number of anilines is 2. The maximum atomic E-state index is 13.1. The topological polar surface area (TPSA) is 108 Å². The number of hydrogen-bond acceptors (Lipinski definition) is 3. The van der Waals surface area contributed by atoms with Crippen LogP contribution in [0.3, 0.4) is 0 Å². The summed E-state index contributed by atoms with van der Waals surface area (Å²) in [6, 6.07) is 13.2. The second-order valence-electron chi connectivity index (χ2n) is 8.63. The van der Waals surface area contributed by atoms with Crippen LogP contribution in [0.1, 0.15) is 40.9 Å². The molecule has 0 saturated heterocycles. The molecule has 172 valence electrons. The summed E-state index contributed by atoms with van der Waals surface area (Å²) >= 11 is 0. The number of benzene rings is 3. The zero-order chi connectivity index (χ0) is 24.3. The van der Waals surface area contributed by atoms with Gasteiger partial charge in [0.05, 0.1) is 11.3 Å². The molecule has 0 spiro atoms. The molecule has 0 aliphatic carbocycles. The molecule has 0 aliphatic heterocycles. The molecular formula is C26H29N3O4. The van der Waals surface area contributed by atoms with Crippen molar-refractivity contribution in [2.24, 2.45) is 5.92 Å². The number of aryl methyl sites for hydroxylation is 3. The number of carbonyl (C=O) groups excluding carboxylic acids is 2. The highest BCUT2D eigenvalue weighted by molar-refractivity contribution is 6.10. The molecule has 0 fully saturated rings. The number of rotatable bonds is 6. The minimum Gasteiger partial charge on any atom is -0.480 e. The second kappa shape index (κ2) is 9.73. The predicted octanol–water partition coefficient (Wildman–Crippen LogP) is 5.25. The van der Waals surface area contributed by atoms with Crippen molar-refractivity contribution in [2.45, 2.75) is 40.7 Å². The number of carbonyl (C=O) groups is 3. The van der Waals surface area contributed by atoms with Gasteiger partial charge in [0, 0.05) is 5.69 Å². The van der Waals surface area contributed by atoms with Crippen LogP contribution in [0.15, 0.2) is 48.5 Å². The lowest BCUT2D eigenvalue weighted by Crippen LogP contribution is -2.44. The first kappa shape index (κ1) is 23.8. The van der Waals surface area contributed by atoms with Crippen molar-refractivity contribution < 1.29 is 19.5 Å². The van der Waals surface area contributed by atoms with E-state index < -0.39 is 23.9 Å². The van der Waals surface area contributed by atoms with E-state index in [4.69, 9.17) is 0 Å². The third kappa shape index (κ3) is 5.49. The van der Waals surface area contributed by atoms with E-state index >= 15 is 0 Å². The van der Waals surface area contributed by atoms with Gasteiger partial charge in [-0.25, -0.2) is 9.59 Å². The van der Waals surface area contributed by atoms with Crippen molar-refractivity contribution in [1.82, 2.24) is 5.32 Å². The molecule has 0 heterocycles. The lowest BCUT2D eigenvalue weighted by molar-refractivity contribution is -0.140. The summed E-state index contributed by atoms with van der Waals surface area (Å²) < 4.78 is 0. The van der Waals surface area contributed by atoms with E-state index in [-0.39, 0.29) is 11.5 Å². The van der Waals surface area contributed by atoms with Gasteiger partial charge >= 0.3 is 12.0 Å². The van der Waals surface area contributed by atoms with Crippen LogP contribution in [0.4, 0.5) is 16.2 Å². The normalized spacial score (nSPS) is 11.8. The fourth-order valence-electron chi connectivity index (χ4n) is 3.91. The number of amides is 3. The SMILES string of the molecule is Cc1cc(C)c(NC(=O)Nc2cc3ccccc3cc2C(=O)N[C@H](C(=O)O)C(C)C)c(C)c1. The molecule has 0 aliphatic rings. The summed E-state index contributed by atoms with van der Waals surface area (Å²) in [7, 11) is 0. The van der Waals surface area contributed by atoms with Crippen LogP contribution >= 0.6 is 0 Å². The Morgan fingerprint density at radius 1 is 0.848 bits per heavy atom. The molecule has 0 bridgehead atoms. The molecule has 3 aromatic rings. The molecule has 0 aromatic heterocycles. The number of hydrogen-bond donors (Lipinski definition) is 4. The molecule has 33 heavy (non-hydrogen) atoms. The van der Waals surface area contributed by atoms with Gasteiger partial charge in [-0.15, -0.1) is 0 Å². The Morgan fingerprint density at radius 2 is 1.42 bits per heavy atom. The summed E-state index contributed by atoms with van der Waals surface area (Å²) in [5.41, 5.74) is 4.14. The van der Waals surface area contributed by atoms with Crippen LogP contribution in [0.5, 0.6) is 0 Å². The van der Waals surface area contributed by atoms with Gasteiger partial charge in [-0.3, -0.25) is 4.79 Å². The molecule has 3 amide bonds. The largest absolute Gasteiger partial charge is 0.480 e. The van der Waals surface area contributed by atoms with Crippen molar-refractivity contribution in [2.75, 3.05) is 10.6 Å². The Bertz CT molecular complexity index is 1210. The lowest BCUT2D eigenvalue weighted by atomic mass is 10.0. The van der Waals surface area contributed by atoms with Gasteiger partial charge in [-0.1, -0.05) is 55.8 Å². The number of nitrogens with one attached hydrogen (secondary N) is 3. The van der Waals surface area contributed by atoms with Crippen molar-refractivity contribution in [3.63, 3.8) is 0 Å². The zero-order valence-electron chi connectivity index (χ0n) is 19.4. The predicted molar refractivity (Wildman–Crippen MR) is 131 cm³/mol. The average Bonchev–Trinajstić information content (AvgIpc) is 2.73. The summed E-state index contributed by atoms with van der Waals surface area (Å²) in [5, 5.41) is 19.3. The molecule has 0 unspecified atom stereocenters. The third-order valence-electron chi connectivity index (χ3n) is 5.51. The summed E-state index contributed by atoms with van der Waals surface area (Å²) in [5.74, 6) is -1.99. The quantitative estimate of drug-likeness (QED) is 0.414. The van der Waals surface area contributed by atoms with Crippen LogP contribution in [-0.4, -0.2) is 29.1 Å². The van der Waals surface area contributed by atoms with Crippen LogP contribution in [0, 0.1) is 26.7 Å². The van der Waals surface area contributed by atoms with Gasteiger partial charge in [0.15, 0.2) is 0 Å².